The van der Waals surface area contributed by atoms with Crippen LogP contribution in [0.2, 0.25) is 0 Å². The highest BCUT2D eigenvalue weighted by Gasteiger charge is 2.21. The summed E-state index contributed by atoms with van der Waals surface area (Å²) in [6.07, 6.45) is 3.57. The second-order valence-corrected chi connectivity index (χ2v) is 10.8. The molecule has 0 radical (unpaired) electrons. The first kappa shape index (κ1) is 33.9. The Balaban J connectivity index is 1.66. The number of furan rings is 1. The molecule has 0 aliphatic rings. The molecule has 5 aromatic rings. The second kappa shape index (κ2) is 14.5. The largest absolute Gasteiger partial charge is 0.455 e. The molecule has 248 valence electrons. The zero-order valence-corrected chi connectivity index (χ0v) is 27.2. The van der Waals surface area contributed by atoms with Crippen LogP contribution in [0.4, 0.5) is 0 Å². The molecule has 0 N–H and O–H groups in total. The van der Waals surface area contributed by atoms with E-state index < -0.39 is 29.8 Å². The lowest BCUT2D eigenvalue weighted by Gasteiger charge is -2.11. The number of hydrogen-bond donors (Lipinski definition) is 0. The summed E-state index contributed by atoms with van der Waals surface area (Å²) < 4.78 is 32.8. The van der Waals surface area contributed by atoms with E-state index >= 15 is 0 Å². The van der Waals surface area contributed by atoms with E-state index in [0.717, 1.165) is 5.56 Å². The number of carbonyl (C=O) groups is 5. The Morgan fingerprint density at radius 1 is 0.469 bits per heavy atom. The summed E-state index contributed by atoms with van der Waals surface area (Å²) >= 11 is 0. The molecule has 49 heavy (non-hydrogen) atoms. The van der Waals surface area contributed by atoms with Crippen molar-refractivity contribution in [1.29, 1.82) is 0 Å². The van der Waals surface area contributed by atoms with Crippen molar-refractivity contribution in [1.82, 2.24) is 0 Å². The van der Waals surface area contributed by atoms with Crippen LogP contribution in [0, 0.1) is 0 Å². The van der Waals surface area contributed by atoms with Gasteiger partial charge in [-0.15, -0.1) is 0 Å². The van der Waals surface area contributed by atoms with Crippen molar-refractivity contribution in [3.8, 4) is 51.2 Å². The van der Waals surface area contributed by atoms with Crippen LogP contribution < -0.4 is 23.7 Å². The van der Waals surface area contributed by atoms with Crippen LogP contribution in [-0.2, 0) is 24.0 Å². The summed E-state index contributed by atoms with van der Waals surface area (Å²) in [5, 5.41) is 0.671. The Bertz CT molecular complexity index is 2070. The van der Waals surface area contributed by atoms with Crippen LogP contribution in [-0.4, -0.2) is 29.8 Å². The Hall–Kier alpha value is -6.49. The van der Waals surface area contributed by atoms with Crippen molar-refractivity contribution in [2.45, 2.75) is 34.6 Å². The Kier molecular flexibility index (Phi) is 10.0. The summed E-state index contributed by atoms with van der Waals surface area (Å²) in [7, 11) is 0. The summed E-state index contributed by atoms with van der Waals surface area (Å²) in [5.74, 6) is -1.13. The average Bonchev–Trinajstić information content (AvgIpc) is 3.37. The normalized spacial score (nSPS) is 10.9. The predicted octanol–water partition coefficient (Wildman–Crippen LogP) is 7.56. The summed E-state index contributed by atoms with van der Waals surface area (Å²) in [6, 6.07) is 21.6. The van der Waals surface area contributed by atoms with E-state index in [1.54, 1.807) is 60.7 Å². The van der Waals surface area contributed by atoms with Gasteiger partial charge in [0.2, 0.25) is 0 Å². The van der Waals surface area contributed by atoms with E-state index in [9.17, 15) is 24.0 Å². The van der Waals surface area contributed by atoms with E-state index in [-0.39, 0.29) is 23.0 Å². The standard InChI is InChI=1S/C38H30O11/c1-21(39)44-30-11-9-28(10-12-30)38-37(29-17-33(47-24(4)42)20-34(18-29)48-25(5)43)35-16-26(8-13-36(35)49-38)6-7-27-14-31(45-22(2)40)19-32(15-27)46-23(3)41/h6-20H,1-5H3/b7-6+. The molecule has 0 saturated heterocycles. The average molecular weight is 663 g/mol. The van der Waals surface area contributed by atoms with Gasteiger partial charge in [-0.2, -0.15) is 0 Å². The lowest BCUT2D eigenvalue weighted by molar-refractivity contribution is -0.133. The third-order valence-electron chi connectivity index (χ3n) is 6.68. The van der Waals surface area contributed by atoms with E-state index in [0.29, 0.717) is 44.7 Å². The van der Waals surface area contributed by atoms with Gasteiger partial charge in [0, 0.05) is 63.3 Å². The third-order valence-corrected chi connectivity index (χ3v) is 6.68. The fourth-order valence-electron chi connectivity index (χ4n) is 5.05. The molecule has 0 bridgehead atoms. The van der Waals surface area contributed by atoms with Crippen molar-refractivity contribution < 1.29 is 52.1 Å². The number of benzene rings is 4. The van der Waals surface area contributed by atoms with Crippen molar-refractivity contribution >= 4 is 53.0 Å². The molecule has 0 aliphatic carbocycles. The van der Waals surface area contributed by atoms with Gasteiger partial charge in [-0.25, -0.2) is 0 Å². The number of esters is 5. The first-order valence-electron chi connectivity index (χ1n) is 14.9. The van der Waals surface area contributed by atoms with Gasteiger partial charge in [0.1, 0.15) is 40.1 Å². The molecule has 4 aromatic carbocycles. The molecule has 0 aliphatic heterocycles. The predicted molar refractivity (Wildman–Crippen MR) is 179 cm³/mol. The van der Waals surface area contributed by atoms with Gasteiger partial charge in [0.15, 0.2) is 0 Å². The maximum absolute atomic E-state index is 11.9. The van der Waals surface area contributed by atoms with Crippen LogP contribution in [0.3, 0.4) is 0 Å². The topological polar surface area (TPSA) is 145 Å². The van der Waals surface area contributed by atoms with Gasteiger partial charge < -0.3 is 28.1 Å². The number of ether oxygens (including phenoxy) is 5. The smallest absolute Gasteiger partial charge is 0.308 e. The molecule has 0 fully saturated rings. The number of rotatable bonds is 9. The number of fused-ring (bicyclic) bond motifs is 1. The maximum Gasteiger partial charge on any atom is 0.308 e. The minimum absolute atomic E-state index is 0.152. The lowest BCUT2D eigenvalue weighted by Crippen LogP contribution is -2.04. The molecule has 0 amide bonds. The van der Waals surface area contributed by atoms with E-state index in [1.165, 1.54) is 46.8 Å². The quantitative estimate of drug-likeness (QED) is 0.0875. The van der Waals surface area contributed by atoms with Gasteiger partial charge in [0.05, 0.1) is 0 Å². The fourth-order valence-corrected chi connectivity index (χ4v) is 5.05. The van der Waals surface area contributed by atoms with E-state index in [2.05, 4.69) is 0 Å². The highest BCUT2D eigenvalue weighted by atomic mass is 16.6. The van der Waals surface area contributed by atoms with Crippen molar-refractivity contribution in [2.24, 2.45) is 0 Å². The molecule has 0 spiro atoms. The zero-order chi connectivity index (χ0) is 35.2. The van der Waals surface area contributed by atoms with Crippen molar-refractivity contribution in [2.75, 3.05) is 0 Å². The second-order valence-electron chi connectivity index (χ2n) is 10.8. The molecule has 0 unspecified atom stereocenters. The molecule has 0 saturated carbocycles. The van der Waals surface area contributed by atoms with Gasteiger partial charge in [-0.3, -0.25) is 24.0 Å². The SMILES string of the molecule is CC(=O)Oc1ccc(-c2oc3ccc(/C=C/c4cc(OC(C)=O)cc(OC(C)=O)c4)cc3c2-c2cc(OC(C)=O)cc(OC(C)=O)c2)cc1. The first-order chi connectivity index (χ1) is 23.3. The van der Waals surface area contributed by atoms with Gasteiger partial charge in [0.25, 0.3) is 0 Å². The summed E-state index contributed by atoms with van der Waals surface area (Å²) in [6.45, 7) is 6.37. The number of hydrogen-bond acceptors (Lipinski definition) is 11. The van der Waals surface area contributed by atoms with Crippen LogP contribution in [0.5, 0.6) is 28.7 Å². The van der Waals surface area contributed by atoms with Crippen LogP contribution >= 0.6 is 0 Å². The van der Waals surface area contributed by atoms with Crippen LogP contribution in [0.1, 0.15) is 45.7 Å². The molecular weight excluding hydrogens is 632 g/mol. The Morgan fingerprint density at radius 2 is 0.918 bits per heavy atom. The maximum atomic E-state index is 11.9. The Morgan fingerprint density at radius 3 is 1.41 bits per heavy atom. The van der Waals surface area contributed by atoms with Crippen LogP contribution in [0.15, 0.2) is 83.3 Å². The molecule has 11 heteroatoms. The monoisotopic (exact) mass is 662 g/mol. The fraction of sp³-hybridized carbons (Fsp3) is 0.132. The third kappa shape index (κ3) is 8.86. The van der Waals surface area contributed by atoms with Gasteiger partial charge >= 0.3 is 29.8 Å². The zero-order valence-electron chi connectivity index (χ0n) is 27.2. The molecule has 11 nitrogen and oxygen atoms in total. The van der Waals surface area contributed by atoms with E-state index in [4.69, 9.17) is 28.1 Å². The molecule has 5 rings (SSSR count). The van der Waals surface area contributed by atoms with Crippen molar-refractivity contribution in [3.05, 3.63) is 90.0 Å². The minimum Gasteiger partial charge on any atom is -0.455 e. The van der Waals surface area contributed by atoms with Crippen LogP contribution in [0.25, 0.3) is 45.6 Å². The highest BCUT2D eigenvalue weighted by molar-refractivity contribution is 6.03. The number of carbonyl (C=O) groups excluding carboxylic acids is 5. The van der Waals surface area contributed by atoms with Gasteiger partial charge in [-0.05, 0) is 77.4 Å². The molecule has 1 aromatic heterocycles. The molecule has 1 heterocycles. The highest BCUT2D eigenvalue weighted by Crippen LogP contribution is 2.44. The molecule has 0 atom stereocenters. The summed E-state index contributed by atoms with van der Waals surface area (Å²) in [5.41, 5.74) is 3.63. The summed E-state index contributed by atoms with van der Waals surface area (Å²) in [4.78, 5) is 58.5. The first-order valence-corrected chi connectivity index (χ1v) is 14.9. The van der Waals surface area contributed by atoms with E-state index in [1.807, 2.05) is 18.2 Å². The minimum atomic E-state index is -0.564. The molecular formula is C38H30O11. The lowest BCUT2D eigenvalue weighted by atomic mass is 9.97. The van der Waals surface area contributed by atoms with Gasteiger partial charge in [-0.1, -0.05) is 18.2 Å². The van der Waals surface area contributed by atoms with Crippen molar-refractivity contribution in [3.63, 3.8) is 0 Å². The Labute approximate surface area is 280 Å².